The number of anilines is 2. The van der Waals surface area contributed by atoms with E-state index in [0.717, 1.165) is 5.56 Å². The minimum Gasteiger partial charge on any atom is -0.485 e. The zero-order valence-electron chi connectivity index (χ0n) is 14.6. The van der Waals surface area contributed by atoms with Gasteiger partial charge in [0.2, 0.25) is 5.91 Å². The molecule has 0 spiro atoms. The van der Waals surface area contributed by atoms with Crippen molar-refractivity contribution in [3.05, 3.63) is 27.8 Å². The zero-order valence-corrected chi connectivity index (χ0v) is 14.6. The van der Waals surface area contributed by atoms with Crippen LogP contribution >= 0.6 is 0 Å². The first-order valence-electron chi connectivity index (χ1n) is 8.41. The van der Waals surface area contributed by atoms with Crippen molar-refractivity contribution in [2.75, 3.05) is 16.8 Å². The van der Waals surface area contributed by atoms with Crippen molar-refractivity contribution in [1.29, 1.82) is 0 Å². The quantitative estimate of drug-likeness (QED) is 0.638. The predicted octanol–water partition coefficient (Wildman–Crippen LogP) is 1.92. The van der Waals surface area contributed by atoms with Gasteiger partial charge in [-0.05, 0) is 31.9 Å². The monoisotopic (exact) mass is 349 g/mol. The van der Waals surface area contributed by atoms with Crippen molar-refractivity contribution in [1.82, 2.24) is 0 Å². The Morgan fingerprint density at radius 3 is 2.84 bits per heavy atom. The molecular weight excluding hydrogens is 326 g/mol. The van der Waals surface area contributed by atoms with Gasteiger partial charge in [0, 0.05) is 37.3 Å². The second-order valence-corrected chi connectivity index (χ2v) is 7.19. The number of ether oxygens (including phenoxy) is 1. The third kappa shape index (κ3) is 3.26. The standard InChI is InChI=1S/C17H23N3O5/c1-10(21)18-12-7-11-8-15(22)17(2,3)25-14(11)9-13(12)19-6-4-5-16(19)20(23)24/h7,9,15-16,22H,4-6,8H2,1-3H3,(H,18,21). The van der Waals surface area contributed by atoms with Crippen LogP contribution in [0.25, 0.3) is 0 Å². The Balaban J connectivity index is 2.07. The maximum atomic E-state index is 11.6. The number of nitro groups is 1. The molecule has 2 unspecified atom stereocenters. The molecule has 0 saturated carbocycles. The summed E-state index contributed by atoms with van der Waals surface area (Å²) in [4.78, 5) is 24.4. The number of fused-ring (bicyclic) bond motifs is 1. The molecule has 2 aliphatic heterocycles. The molecule has 0 aliphatic carbocycles. The molecule has 8 nitrogen and oxygen atoms in total. The minimum atomic E-state index is -0.812. The lowest BCUT2D eigenvalue weighted by Crippen LogP contribution is -2.46. The van der Waals surface area contributed by atoms with Gasteiger partial charge in [-0.1, -0.05) is 0 Å². The lowest BCUT2D eigenvalue weighted by Gasteiger charge is -2.38. The highest BCUT2D eigenvalue weighted by molar-refractivity contribution is 5.93. The number of nitrogens with one attached hydrogen (secondary N) is 1. The van der Waals surface area contributed by atoms with Crippen LogP contribution in [0.15, 0.2) is 12.1 Å². The van der Waals surface area contributed by atoms with Crippen molar-refractivity contribution >= 4 is 17.3 Å². The summed E-state index contributed by atoms with van der Waals surface area (Å²) in [6.07, 6.45) is 0.0950. The molecular formula is C17H23N3O5. The van der Waals surface area contributed by atoms with E-state index in [9.17, 15) is 20.0 Å². The first-order valence-corrected chi connectivity index (χ1v) is 8.41. The first-order chi connectivity index (χ1) is 11.7. The maximum absolute atomic E-state index is 11.6. The Morgan fingerprint density at radius 2 is 2.20 bits per heavy atom. The fraction of sp³-hybridized carbons (Fsp3) is 0.588. The minimum absolute atomic E-state index is 0.254. The highest BCUT2D eigenvalue weighted by atomic mass is 16.6. The summed E-state index contributed by atoms with van der Waals surface area (Å²) in [7, 11) is 0. The SMILES string of the molecule is CC(=O)Nc1cc2c(cc1N1CCCC1[N+](=O)[O-])OC(C)(C)C(O)C2. The largest absolute Gasteiger partial charge is 0.485 e. The van der Waals surface area contributed by atoms with Crippen LogP contribution in [0, 0.1) is 10.1 Å². The average molecular weight is 349 g/mol. The van der Waals surface area contributed by atoms with Crippen LogP contribution in [0.1, 0.15) is 39.2 Å². The second kappa shape index (κ2) is 6.18. The maximum Gasteiger partial charge on any atom is 0.287 e. The lowest BCUT2D eigenvalue weighted by molar-refractivity contribution is -0.519. The molecule has 1 fully saturated rings. The average Bonchev–Trinajstić information content (AvgIpc) is 2.97. The fourth-order valence-corrected chi connectivity index (χ4v) is 3.45. The van der Waals surface area contributed by atoms with Gasteiger partial charge in [0.05, 0.1) is 17.5 Å². The van der Waals surface area contributed by atoms with Crippen LogP contribution in [0.2, 0.25) is 0 Å². The van der Waals surface area contributed by atoms with Gasteiger partial charge in [0.25, 0.3) is 6.17 Å². The van der Waals surface area contributed by atoms with Gasteiger partial charge < -0.3 is 20.1 Å². The molecule has 3 rings (SSSR count). The van der Waals surface area contributed by atoms with Gasteiger partial charge in [-0.25, -0.2) is 0 Å². The van der Waals surface area contributed by atoms with E-state index >= 15 is 0 Å². The van der Waals surface area contributed by atoms with Crippen LogP contribution in [0.4, 0.5) is 11.4 Å². The van der Waals surface area contributed by atoms with Crippen molar-refractivity contribution < 1.29 is 19.6 Å². The molecule has 1 aromatic rings. The second-order valence-electron chi connectivity index (χ2n) is 7.19. The molecule has 1 amide bonds. The highest BCUT2D eigenvalue weighted by Gasteiger charge is 2.39. The number of carbonyl (C=O) groups excluding carboxylic acids is 1. The van der Waals surface area contributed by atoms with Crippen LogP contribution in [-0.2, 0) is 11.2 Å². The van der Waals surface area contributed by atoms with Crippen LogP contribution < -0.4 is 15.0 Å². The smallest absolute Gasteiger partial charge is 0.287 e. The number of rotatable bonds is 3. The van der Waals surface area contributed by atoms with E-state index in [1.54, 1.807) is 30.9 Å². The number of hydrogen-bond donors (Lipinski definition) is 2. The van der Waals surface area contributed by atoms with Crippen LogP contribution in [0.5, 0.6) is 5.75 Å². The lowest BCUT2D eigenvalue weighted by atomic mass is 9.90. The van der Waals surface area contributed by atoms with E-state index in [2.05, 4.69) is 5.32 Å². The summed E-state index contributed by atoms with van der Waals surface area (Å²) in [6.45, 7) is 5.55. The Bertz CT molecular complexity index is 718. The predicted molar refractivity (Wildman–Crippen MR) is 92.5 cm³/mol. The number of nitrogens with zero attached hydrogens (tertiary/aromatic N) is 2. The molecule has 2 N–H and O–H groups in total. The van der Waals surface area contributed by atoms with Crippen molar-refractivity contribution in [3.63, 3.8) is 0 Å². The van der Waals surface area contributed by atoms with E-state index in [1.807, 2.05) is 0 Å². The first kappa shape index (κ1) is 17.5. The van der Waals surface area contributed by atoms with E-state index in [0.29, 0.717) is 42.9 Å². The molecule has 8 heteroatoms. The Hall–Kier alpha value is -2.35. The van der Waals surface area contributed by atoms with E-state index in [1.165, 1.54) is 6.92 Å². The molecule has 2 atom stereocenters. The van der Waals surface area contributed by atoms with Crippen molar-refractivity contribution in [2.45, 2.75) is 57.9 Å². The molecule has 136 valence electrons. The van der Waals surface area contributed by atoms with Crippen molar-refractivity contribution in [3.8, 4) is 5.75 Å². The summed E-state index contributed by atoms with van der Waals surface area (Å²) in [6, 6.07) is 3.50. The van der Waals surface area contributed by atoms with E-state index in [-0.39, 0.29) is 10.8 Å². The molecule has 2 heterocycles. The van der Waals surface area contributed by atoms with Crippen LogP contribution in [0.3, 0.4) is 0 Å². The topological polar surface area (TPSA) is 105 Å². The number of hydrogen-bond acceptors (Lipinski definition) is 6. The molecule has 0 bridgehead atoms. The third-order valence-corrected chi connectivity index (χ3v) is 4.85. The van der Waals surface area contributed by atoms with Crippen molar-refractivity contribution in [2.24, 2.45) is 0 Å². The Kier molecular flexibility index (Phi) is 4.32. The van der Waals surface area contributed by atoms with Crippen LogP contribution in [-0.4, -0.2) is 40.4 Å². The van der Waals surface area contributed by atoms with E-state index in [4.69, 9.17) is 4.74 Å². The van der Waals surface area contributed by atoms with Gasteiger partial charge in [-0.3, -0.25) is 14.9 Å². The van der Waals surface area contributed by atoms with Gasteiger partial charge in [-0.2, -0.15) is 0 Å². The number of amides is 1. The number of carbonyl (C=O) groups is 1. The number of aliphatic hydroxyl groups excluding tert-OH is 1. The summed E-state index contributed by atoms with van der Waals surface area (Å²) in [5, 5.41) is 24.4. The summed E-state index contributed by atoms with van der Waals surface area (Å²) in [5.41, 5.74) is 1.12. The normalized spacial score (nSPS) is 24.4. The number of aliphatic hydroxyl groups is 1. The third-order valence-electron chi connectivity index (χ3n) is 4.85. The molecule has 2 aliphatic rings. The Labute approximate surface area is 145 Å². The summed E-state index contributed by atoms with van der Waals surface area (Å²) >= 11 is 0. The molecule has 1 saturated heterocycles. The van der Waals surface area contributed by atoms with Gasteiger partial charge in [-0.15, -0.1) is 0 Å². The summed E-state index contributed by atoms with van der Waals surface area (Å²) in [5.74, 6) is 0.337. The van der Waals surface area contributed by atoms with E-state index < -0.39 is 17.9 Å². The van der Waals surface area contributed by atoms with Gasteiger partial charge in [0.15, 0.2) is 0 Å². The van der Waals surface area contributed by atoms with Gasteiger partial charge >= 0.3 is 0 Å². The summed E-state index contributed by atoms with van der Waals surface area (Å²) < 4.78 is 5.93. The zero-order chi connectivity index (χ0) is 18.4. The van der Waals surface area contributed by atoms with Gasteiger partial charge in [0.1, 0.15) is 11.4 Å². The molecule has 0 radical (unpaired) electrons. The molecule has 0 aromatic heterocycles. The Morgan fingerprint density at radius 1 is 1.48 bits per heavy atom. The molecule has 1 aromatic carbocycles. The highest BCUT2D eigenvalue weighted by Crippen LogP contribution is 2.42. The molecule has 25 heavy (non-hydrogen) atoms. The fourth-order valence-electron chi connectivity index (χ4n) is 3.45. The number of benzene rings is 1.